The number of allylic oxidation sites excluding steroid dienone is 1. The third kappa shape index (κ3) is 2.92. The van der Waals surface area contributed by atoms with Crippen molar-refractivity contribution in [3.05, 3.63) is 86.7 Å². The highest BCUT2D eigenvalue weighted by molar-refractivity contribution is 6.32. The van der Waals surface area contributed by atoms with Crippen molar-refractivity contribution in [1.29, 1.82) is 0 Å². The Morgan fingerprint density at radius 2 is 1.72 bits per heavy atom. The summed E-state index contributed by atoms with van der Waals surface area (Å²) in [5.74, 6) is -1.32. The molecule has 0 spiro atoms. The Bertz CT molecular complexity index is 1010. The van der Waals surface area contributed by atoms with Crippen LogP contribution in [0.4, 0.5) is 4.39 Å². The van der Waals surface area contributed by atoms with Crippen LogP contribution in [0.1, 0.15) is 21.7 Å². The number of para-hydroxylation sites is 2. The summed E-state index contributed by atoms with van der Waals surface area (Å²) in [7, 11) is 0. The van der Waals surface area contributed by atoms with E-state index < -0.39 is 11.6 Å². The van der Waals surface area contributed by atoms with Crippen LogP contribution in [-0.2, 0) is 0 Å². The molecule has 1 heterocycles. The Balaban J connectivity index is 2.11. The second-order valence-electron chi connectivity index (χ2n) is 5.34. The predicted octanol–water partition coefficient (Wildman–Crippen LogP) is 3.10. The van der Waals surface area contributed by atoms with Crippen LogP contribution in [0.5, 0.6) is 0 Å². The normalized spacial score (nSPS) is 11.3. The molecular formula is C18H12ClFN2O3. The number of carbonyl (C=O) groups is 1. The molecule has 25 heavy (non-hydrogen) atoms. The molecule has 0 atom stereocenters. The van der Waals surface area contributed by atoms with E-state index in [0.29, 0.717) is 9.46 Å². The van der Waals surface area contributed by atoms with E-state index in [4.69, 9.17) is 11.6 Å². The van der Waals surface area contributed by atoms with Crippen molar-refractivity contribution < 1.29 is 18.6 Å². The molecule has 126 valence electrons. The number of ketones is 1. The number of aromatic nitrogens is 2. The lowest BCUT2D eigenvalue weighted by molar-refractivity contribution is -0.635. The van der Waals surface area contributed by atoms with Gasteiger partial charge in [0.25, 0.3) is 22.5 Å². The summed E-state index contributed by atoms with van der Waals surface area (Å²) in [6.45, 7) is 1.38. The minimum atomic E-state index is -0.720. The van der Waals surface area contributed by atoms with Crippen molar-refractivity contribution in [1.82, 2.24) is 0 Å². The summed E-state index contributed by atoms with van der Waals surface area (Å²) in [5.41, 5.74) is -0.0970. The summed E-state index contributed by atoms with van der Waals surface area (Å²) >= 11 is 5.90. The van der Waals surface area contributed by atoms with Crippen LogP contribution in [0.3, 0.4) is 0 Å². The third-order valence-electron chi connectivity index (χ3n) is 3.80. The molecule has 3 rings (SSSR count). The molecule has 0 fully saturated rings. The molecule has 0 amide bonds. The molecular weight excluding hydrogens is 347 g/mol. The predicted molar refractivity (Wildman–Crippen MR) is 91.4 cm³/mol. The van der Waals surface area contributed by atoms with E-state index in [1.807, 2.05) is 0 Å². The minimum absolute atomic E-state index is 0.0309. The summed E-state index contributed by atoms with van der Waals surface area (Å²) in [4.78, 5) is 12.5. The maximum atomic E-state index is 13.8. The molecule has 2 aromatic carbocycles. The van der Waals surface area contributed by atoms with Crippen molar-refractivity contribution in [3.8, 4) is 0 Å². The number of nitrogens with zero attached hydrogens (tertiary/aromatic N) is 2. The van der Waals surface area contributed by atoms with Crippen LogP contribution in [0.2, 0.25) is 5.02 Å². The van der Waals surface area contributed by atoms with Crippen LogP contribution in [0.25, 0.3) is 17.1 Å². The quantitative estimate of drug-likeness (QED) is 0.312. The van der Waals surface area contributed by atoms with Gasteiger partial charge in [-0.2, -0.15) is 9.46 Å². The average molecular weight is 359 g/mol. The highest BCUT2D eigenvalue weighted by atomic mass is 35.5. The fraction of sp³-hybridized carbons (Fsp3) is 0.0556. The van der Waals surface area contributed by atoms with E-state index in [-0.39, 0.29) is 33.0 Å². The van der Waals surface area contributed by atoms with Gasteiger partial charge in [-0.25, -0.2) is 4.39 Å². The summed E-state index contributed by atoms with van der Waals surface area (Å²) in [5, 5.41) is 24.9. The van der Waals surface area contributed by atoms with Gasteiger partial charge in [0, 0.05) is 24.6 Å². The van der Waals surface area contributed by atoms with Crippen molar-refractivity contribution in [2.45, 2.75) is 6.92 Å². The molecule has 1 aromatic heterocycles. The van der Waals surface area contributed by atoms with Gasteiger partial charge in [-0.3, -0.25) is 4.79 Å². The van der Waals surface area contributed by atoms with Gasteiger partial charge in [-0.15, -0.1) is 0 Å². The zero-order chi connectivity index (χ0) is 18.1. The molecule has 0 saturated heterocycles. The Morgan fingerprint density at radius 1 is 1.08 bits per heavy atom. The SMILES string of the molecule is Cc1c(C(=O)/C=C/c2c(F)cccc2Cl)[n+]([O-])c2ccccc2[n+]1[O-]. The molecule has 5 nitrogen and oxygen atoms in total. The van der Waals surface area contributed by atoms with Gasteiger partial charge in [-0.05, 0) is 24.3 Å². The van der Waals surface area contributed by atoms with Crippen molar-refractivity contribution in [2.24, 2.45) is 0 Å². The van der Waals surface area contributed by atoms with E-state index in [0.717, 1.165) is 6.08 Å². The van der Waals surface area contributed by atoms with E-state index in [1.54, 1.807) is 12.1 Å². The standard InChI is InChI=1S/C18H12ClFN2O3/c1-11-18(22(25)16-8-3-2-7-15(16)21(11)24)17(23)10-9-12-13(19)5-4-6-14(12)20/h2-10H,1H3/b10-9+. The zero-order valence-electron chi connectivity index (χ0n) is 13.1. The largest absolute Gasteiger partial charge is 0.618 e. The topological polar surface area (TPSA) is 71.0 Å². The molecule has 0 aliphatic rings. The number of benzene rings is 2. The van der Waals surface area contributed by atoms with Gasteiger partial charge in [0.2, 0.25) is 0 Å². The number of carbonyl (C=O) groups excluding carboxylic acids is 1. The highest BCUT2D eigenvalue weighted by Gasteiger charge is 2.29. The van der Waals surface area contributed by atoms with Crippen LogP contribution >= 0.6 is 11.6 Å². The molecule has 0 aliphatic carbocycles. The van der Waals surface area contributed by atoms with E-state index in [1.165, 1.54) is 43.3 Å². The Morgan fingerprint density at radius 3 is 2.36 bits per heavy atom. The number of hydrogen-bond acceptors (Lipinski definition) is 3. The van der Waals surface area contributed by atoms with Gasteiger partial charge in [0.05, 0.1) is 5.02 Å². The van der Waals surface area contributed by atoms with Crippen LogP contribution in [0, 0.1) is 23.2 Å². The van der Waals surface area contributed by atoms with E-state index >= 15 is 0 Å². The van der Waals surface area contributed by atoms with Gasteiger partial charge < -0.3 is 10.4 Å². The number of hydrogen-bond donors (Lipinski definition) is 0. The van der Waals surface area contributed by atoms with E-state index in [9.17, 15) is 19.6 Å². The smallest absolute Gasteiger partial charge is 0.333 e. The van der Waals surface area contributed by atoms with Gasteiger partial charge >= 0.3 is 5.69 Å². The summed E-state index contributed by atoms with van der Waals surface area (Å²) in [6, 6.07) is 10.3. The fourth-order valence-corrected chi connectivity index (χ4v) is 2.76. The molecule has 0 radical (unpaired) electrons. The van der Waals surface area contributed by atoms with Gasteiger partial charge in [-0.1, -0.05) is 29.8 Å². The molecule has 0 N–H and O–H groups in total. The molecule has 3 aromatic rings. The molecule has 0 unspecified atom stereocenters. The monoisotopic (exact) mass is 358 g/mol. The second-order valence-corrected chi connectivity index (χ2v) is 5.75. The zero-order valence-corrected chi connectivity index (χ0v) is 13.8. The van der Waals surface area contributed by atoms with Gasteiger partial charge in [0.15, 0.2) is 0 Å². The number of halogens is 2. The van der Waals surface area contributed by atoms with Crippen molar-refractivity contribution in [2.75, 3.05) is 0 Å². The van der Waals surface area contributed by atoms with Crippen LogP contribution in [0.15, 0.2) is 48.5 Å². The lowest BCUT2D eigenvalue weighted by atomic mass is 10.1. The lowest BCUT2D eigenvalue weighted by Crippen LogP contribution is -2.46. The van der Waals surface area contributed by atoms with Crippen molar-refractivity contribution in [3.63, 3.8) is 0 Å². The minimum Gasteiger partial charge on any atom is -0.618 e. The number of fused-ring (bicyclic) bond motifs is 1. The maximum absolute atomic E-state index is 13.8. The Hall–Kier alpha value is -2.99. The second kappa shape index (κ2) is 6.49. The Kier molecular flexibility index (Phi) is 4.37. The third-order valence-corrected chi connectivity index (χ3v) is 4.13. The first-order valence-electron chi connectivity index (χ1n) is 7.32. The fourth-order valence-electron chi connectivity index (χ4n) is 2.54. The Labute approximate surface area is 147 Å². The van der Waals surface area contributed by atoms with E-state index in [2.05, 4.69) is 0 Å². The first-order chi connectivity index (χ1) is 11.9. The average Bonchev–Trinajstić information content (AvgIpc) is 2.59. The summed E-state index contributed by atoms with van der Waals surface area (Å²) in [6.07, 6.45) is 2.21. The molecule has 7 heteroatoms. The molecule has 0 bridgehead atoms. The first kappa shape index (κ1) is 16.9. The summed E-state index contributed by atoms with van der Waals surface area (Å²) < 4.78 is 14.7. The number of rotatable bonds is 3. The lowest BCUT2D eigenvalue weighted by Gasteiger charge is -2.09. The first-order valence-corrected chi connectivity index (χ1v) is 7.70. The van der Waals surface area contributed by atoms with Crippen LogP contribution < -0.4 is 9.46 Å². The van der Waals surface area contributed by atoms with Crippen LogP contribution in [-0.4, -0.2) is 5.78 Å². The highest BCUT2D eigenvalue weighted by Crippen LogP contribution is 2.20. The van der Waals surface area contributed by atoms with Crippen molar-refractivity contribution >= 4 is 34.5 Å². The maximum Gasteiger partial charge on any atom is 0.333 e. The van der Waals surface area contributed by atoms with Gasteiger partial charge in [0.1, 0.15) is 5.82 Å². The molecule has 0 aliphatic heterocycles. The molecule has 0 saturated carbocycles.